The Morgan fingerprint density at radius 2 is 2.25 bits per heavy atom. The van der Waals surface area contributed by atoms with E-state index in [2.05, 4.69) is 10.4 Å². The molecule has 1 heterocycles. The molecule has 2 aromatic rings. The van der Waals surface area contributed by atoms with Gasteiger partial charge in [0, 0.05) is 36.7 Å². The number of nitrogen functional groups attached to an aromatic ring is 1. The largest absolute Gasteiger partial charge is 0.399 e. The van der Waals surface area contributed by atoms with Crippen molar-refractivity contribution in [2.45, 2.75) is 13.5 Å². The SMILES string of the molecule is Cc1cc(NCc2cnn(C)c2)ccc1N. The molecule has 0 aliphatic heterocycles. The zero-order chi connectivity index (χ0) is 11.5. The van der Waals surface area contributed by atoms with Crippen LogP contribution in [0, 0.1) is 6.92 Å². The first kappa shape index (κ1) is 10.5. The second-order valence-electron chi connectivity index (χ2n) is 3.95. The van der Waals surface area contributed by atoms with Crippen molar-refractivity contribution in [3.8, 4) is 0 Å². The van der Waals surface area contributed by atoms with Crippen LogP contribution in [0.4, 0.5) is 11.4 Å². The molecular weight excluding hydrogens is 200 g/mol. The molecule has 0 unspecified atom stereocenters. The molecule has 0 amide bonds. The predicted octanol–water partition coefficient (Wildman–Crippen LogP) is 1.92. The van der Waals surface area contributed by atoms with Crippen LogP contribution in [0.2, 0.25) is 0 Å². The molecule has 3 N–H and O–H groups in total. The third kappa shape index (κ3) is 2.34. The highest BCUT2D eigenvalue weighted by Crippen LogP contribution is 2.17. The van der Waals surface area contributed by atoms with Gasteiger partial charge >= 0.3 is 0 Å². The van der Waals surface area contributed by atoms with Crippen LogP contribution in [0.25, 0.3) is 0 Å². The van der Waals surface area contributed by atoms with Crippen LogP contribution in [0.15, 0.2) is 30.6 Å². The number of rotatable bonds is 3. The molecule has 2 rings (SSSR count). The lowest BCUT2D eigenvalue weighted by Crippen LogP contribution is -1.99. The summed E-state index contributed by atoms with van der Waals surface area (Å²) in [6.07, 6.45) is 3.86. The van der Waals surface area contributed by atoms with Gasteiger partial charge in [0.1, 0.15) is 0 Å². The summed E-state index contributed by atoms with van der Waals surface area (Å²) in [4.78, 5) is 0. The first-order valence-electron chi connectivity index (χ1n) is 5.22. The second-order valence-corrected chi connectivity index (χ2v) is 3.95. The molecule has 84 valence electrons. The first-order valence-corrected chi connectivity index (χ1v) is 5.22. The van der Waals surface area contributed by atoms with Crippen LogP contribution in [0.1, 0.15) is 11.1 Å². The third-order valence-corrected chi connectivity index (χ3v) is 2.52. The molecule has 4 nitrogen and oxygen atoms in total. The summed E-state index contributed by atoms with van der Waals surface area (Å²) < 4.78 is 1.80. The Hall–Kier alpha value is -1.97. The minimum absolute atomic E-state index is 0.775. The van der Waals surface area contributed by atoms with Gasteiger partial charge in [-0.05, 0) is 30.7 Å². The topological polar surface area (TPSA) is 55.9 Å². The molecule has 0 spiro atoms. The standard InChI is InChI=1S/C12H16N4/c1-9-5-11(3-4-12(9)13)14-6-10-7-15-16(2)8-10/h3-5,7-8,14H,6,13H2,1-2H3. The monoisotopic (exact) mass is 216 g/mol. The van der Waals surface area contributed by atoms with Crippen molar-refractivity contribution in [3.05, 3.63) is 41.7 Å². The van der Waals surface area contributed by atoms with E-state index in [1.807, 2.05) is 44.6 Å². The summed E-state index contributed by atoms with van der Waals surface area (Å²) in [7, 11) is 1.91. The molecular formula is C12H16N4. The minimum atomic E-state index is 0.775. The summed E-state index contributed by atoms with van der Waals surface area (Å²) >= 11 is 0. The van der Waals surface area contributed by atoms with Crippen LogP contribution in [0.5, 0.6) is 0 Å². The van der Waals surface area contributed by atoms with Gasteiger partial charge in [0.05, 0.1) is 6.20 Å². The Bertz CT molecular complexity index is 488. The Morgan fingerprint density at radius 3 is 2.88 bits per heavy atom. The van der Waals surface area contributed by atoms with Crippen LogP contribution in [0.3, 0.4) is 0 Å². The van der Waals surface area contributed by atoms with Gasteiger partial charge in [-0.1, -0.05) is 0 Å². The third-order valence-electron chi connectivity index (χ3n) is 2.52. The molecule has 0 aliphatic rings. The van der Waals surface area contributed by atoms with Gasteiger partial charge in [-0.25, -0.2) is 0 Å². The van der Waals surface area contributed by atoms with E-state index in [9.17, 15) is 0 Å². The van der Waals surface area contributed by atoms with Crippen molar-refractivity contribution in [3.63, 3.8) is 0 Å². The van der Waals surface area contributed by atoms with Gasteiger partial charge in [0.2, 0.25) is 0 Å². The van der Waals surface area contributed by atoms with Crippen LogP contribution in [-0.2, 0) is 13.6 Å². The maximum Gasteiger partial charge on any atom is 0.0539 e. The van der Waals surface area contributed by atoms with E-state index in [1.165, 1.54) is 0 Å². The van der Waals surface area contributed by atoms with E-state index in [0.29, 0.717) is 0 Å². The smallest absolute Gasteiger partial charge is 0.0539 e. The Labute approximate surface area is 95.1 Å². The number of aromatic nitrogens is 2. The maximum absolute atomic E-state index is 5.76. The number of nitrogens with one attached hydrogen (secondary N) is 1. The van der Waals surface area contributed by atoms with Gasteiger partial charge in [0.15, 0.2) is 0 Å². The molecule has 0 fully saturated rings. The summed E-state index contributed by atoms with van der Waals surface area (Å²) in [5.74, 6) is 0. The molecule has 0 radical (unpaired) electrons. The summed E-state index contributed by atoms with van der Waals surface area (Å²) in [6.45, 7) is 2.78. The quantitative estimate of drug-likeness (QED) is 0.771. The maximum atomic E-state index is 5.76. The van der Waals surface area contributed by atoms with Crippen molar-refractivity contribution >= 4 is 11.4 Å². The zero-order valence-electron chi connectivity index (χ0n) is 9.57. The highest BCUT2D eigenvalue weighted by Gasteiger charge is 1.98. The fraction of sp³-hybridized carbons (Fsp3) is 0.250. The van der Waals surface area contributed by atoms with Gasteiger partial charge in [0.25, 0.3) is 0 Å². The molecule has 0 saturated heterocycles. The van der Waals surface area contributed by atoms with Crippen LogP contribution < -0.4 is 11.1 Å². The number of anilines is 2. The van der Waals surface area contributed by atoms with E-state index >= 15 is 0 Å². The van der Waals surface area contributed by atoms with Crippen molar-refractivity contribution in [1.29, 1.82) is 0 Å². The van der Waals surface area contributed by atoms with Gasteiger partial charge in [-0.15, -0.1) is 0 Å². The van der Waals surface area contributed by atoms with E-state index < -0.39 is 0 Å². The summed E-state index contributed by atoms with van der Waals surface area (Å²) in [5, 5.41) is 7.45. The molecule has 0 aliphatic carbocycles. The van der Waals surface area contributed by atoms with Gasteiger partial charge in [-0.3, -0.25) is 4.68 Å². The molecule has 0 bridgehead atoms. The van der Waals surface area contributed by atoms with E-state index in [0.717, 1.165) is 29.0 Å². The number of hydrogen-bond donors (Lipinski definition) is 2. The highest BCUT2D eigenvalue weighted by molar-refractivity contribution is 5.56. The average Bonchev–Trinajstić information content (AvgIpc) is 2.66. The van der Waals surface area contributed by atoms with Crippen molar-refractivity contribution in [1.82, 2.24) is 9.78 Å². The summed E-state index contributed by atoms with van der Waals surface area (Å²) in [6, 6.07) is 5.95. The van der Waals surface area contributed by atoms with E-state index in [1.54, 1.807) is 4.68 Å². The lowest BCUT2D eigenvalue weighted by Gasteiger charge is -2.07. The Kier molecular flexibility index (Phi) is 2.81. The van der Waals surface area contributed by atoms with Crippen LogP contribution >= 0.6 is 0 Å². The predicted molar refractivity (Wildman–Crippen MR) is 66.1 cm³/mol. The lowest BCUT2D eigenvalue weighted by atomic mass is 10.2. The van der Waals surface area contributed by atoms with E-state index in [4.69, 9.17) is 5.73 Å². The Balaban J connectivity index is 2.02. The number of aryl methyl sites for hydroxylation is 2. The molecule has 16 heavy (non-hydrogen) atoms. The first-order chi connectivity index (χ1) is 7.65. The van der Waals surface area contributed by atoms with Crippen molar-refractivity contribution in [2.75, 3.05) is 11.1 Å². The number of nitrogens with two attached hydrogens (primary N) is 1. The normalized spacial score (nSPS) is 10.4. The number of nitrogens with zero attached hydrogens (tertiary/aromatic N) is 2. The Morgan fingerprint density at radius 1 is 1.44 bits per heavy atom. The van der Waals surface area contributed by atoms with Gasteiger partial charge in [-0.2, -0.15) is 5.10 Å². The fourth-order valence-corrected chi connectivity index (χ4v) is 1.55. The van der Waals surface area contributed by atoms with Crippen LogP contribution in [-0.4, -0.2) is 9.78 Å². The number of hydrogen-bond acceptors (Lipinski definition) is 3. The zero-order valence-corrected chi connectivity index (χ0v) is 9.57. The fourth-order valence-electron chi connectivity index (χ4n) is 1.55. The number of benzene rings is 1. The minimum Gasteiger partial charge on any atom is -0.399 e. The average molecular weight is 216 g/mol. The molecule has 4 heteroatoms. The van der Waals surface area contributed by atoms with Gasteiger partial charge < -0.3 is 11.1 Å². The highest BCUT2D eigenvalue weighted by atomic mass is 15.2. The molecule has 0 saturated carbocycles. The molecule has 0 atom stereocenters. The second kappa shape index (κ2) is 4.26. The summed E-state index contributed by atoms with van der Waals surface area (Å²) in [5.41, 5.74) is 9.92. The van der Waals surface area contributed by atoms with E-state index in [-0.39, 0.29) is 0 Å². The lowest BCUT2D eigenvalue weighted by molar-refractivity contribution is 0.767. The van der Waals surface area contributed by atoms with Crippen molar-refractivity contribution < 1.29 is 0 Å². The molecule has 1 aromatic heterocycles. The van der Waals surface area contributed by atoms with Crippen molar-refractivity contribution in [2.24, 2.45) is 7.05 Å². The molecule has 1 aromatic carbocycles.